The number of anilines is 1. The van der Waals surface area contributed by atoms with Gasteiger partial charge in [0.1, 0.15) is 12.0 Å². The maximum atomic E-state index is 5.90. The quantitative estimate of drug-likeness (QED) is 0.790. The van der Waals surface area contributed by atoms with Gasteiger partial charge in [0.25, 0.3) is 0 Å². The highest BCUT2D eigenvalue weighted by Gasteiger charge is 2.11. The summed E-state index contributed by atoms with van der Waals surface area (Å²) in [5.41, 5.74) is 7.21. The molecule has 78 valence electrons. The molecule has 0 spiro atoms. The highest BCUT2D eigenvalue weighted by Crippen LogP contribution is 2.32. The molecule has 0 fully saturated rings. The molecular formula is C9H8BrClN4. The van der Waals surface area contributed by atoms with Crippen LogP contribution in [0.25, 0.3) is 11.3 Å². The Hall–Kier alpha value is -1.20. The van der Waals surface area contributed by atoms with Gasteiger partial charge in [-0.05, 0) is 18.2 Å². The van der Waals surface area contributed by atoms with Crippen LogP contribution in [0.3, 0.4) is 0 Å². The molecule has 0 aliphatic carbocycles. The van der Waals surface area contributed by atoms with Gasteiger partial charge in [0.05, 0.1) is 0 Å². The summed E-state index contributed by atoms with van der Waals surface area (Å²) >= 11 is 9.30. The lowest BCUT2D eigenvalue weighted by atomic mass is 10.1. The van der Waals surface area contributed by atoms with E-state index in [4.69, 9.17) is 23.2 Å². The molecule has 0 radical (unpaired) electrons. The second-order valence-electron chi connectivity index (χ2n) is 3.01. The van der Waals surface area contributed by atoms with Crippen molar-refractivity contribution in [3.05, 3.63) is 34.0 Å². The predicted molar refractivity (Wildman–Crippen MR) is 64.9 cm³/mol. The van der Waals surface area contributed by atoms with Gasteiger partial charge in [-0.25, -0.2) is 9.66 Å². The van der Waals surface area contributed by atoms with Gasteiger partial charge < -0.3 is 11.6 Å². The molecule has 0 amide bonds. The average molecular weight is 288 g/mol. The van der Waals surface area contributed by atoms with Gasteiger partial charge in [-0.15, -0.1) is 0 Å². The molecule has 1 aromatic heterocycles. The lowest BCUT2D eigenvalue weighted by Gasteiger charge is -2.03. The first-order valence-electron chi connectivity index (χ1n) is 4.13. The molecular weight excluding hydrogens is 279 g/mol. The van der Waals surface area contributed by atoms with Gasteiger partial charge in [-0.3, -0.25) is 0 Å². The van der Waals surface area contributed by atoms with Crippen LogP contribution in [0.1, 0.15) is 0 Å². The van der Waals surface area contributed by atoms with Crippen molar-refractivity contribution >= 4 is 33.3 Å². The van der Waals surface area contributed by atoms with Crippen LogP contribution in [0.4, 0.5) is 5.82 Å². The number of nitrogen functional groups attached to an aromatic ring is 2. The number of nitrogens with two attached hydrogens (primary N) is 2. The smallest absolute Gasteiger partial charge is 0.150 e. The maximum absolute atomic E-state index is 5.90. The molecule has 0 aliphatic heterocycles. The standard InChI is InChI=1S/C9H8BrClN4/c10-7-2-1-5(11)3-6(7)8-9(12)15(13)4-14-8/h1-4H,12-13H2. The van der Waals surface area contributed by atoms with Crippen molar-refractivity contribution in [2.45, 2.75) is 0 Å². The first-order chi connectivity index (χ1) is 7.09. The molecule has 0 atom stereocenters. The van der Waals surface area contributed by atoms with E-state index in [1.807, 2.05) is 6.07 Å². The Morgan fingerprint density at radius 1 is 1.40 bits per heavy atom. The van der Waals surface area contributed by atoms with Crippen LogP contribution in [0, 0.1) is 0 Å². The van der Waals surface area contributed by atoms with E-state index < -0.39 is 0 Å². The minimum atomic E-state index is 0.401. The predicted octanol–water partition coefficient (Wildman–Crippen LogP) is 2.26. The van der Waals surface area contributed by atoms with E-state index in [2.05, 4.69) is 20.9 Å². The second-order valence-corrected chi connectivity index (χ2v) is 4.30. The zero-order chi connectivity index (χ0) is 11.0. The molecule has 6 heteroatoms. The molecule has 2 aromatic rings. The van der Waals surface area contributed by atoms with Crippen molar-refractivity contribution in [3.8, 4) is 11.3 Å². The van der Waals surface area contributed by atoms with Gasteiger partial charge in [-0.1, -0.05) is 27.5 Å². The molecule has 2 rings (SSSR count). The number of hydrogen-bond acceptors (Lipinski definition) is 3. The molecule has 1 aromatic carbocycles. The Morgan fingerprint density at radius 2 is 2.13 bits per heavy atom. The van der Waals surface area contributed by atoms with Crippen molar-refractivity contribution in [2.24, 2.45) is 0 Å². The Bertz CT molecular complexity index is 509. The van der Waals surface area contributed by atoms with E-state index in [1.54, 1.807) is 12.1 Å². The summed E-state index contributed by atoms with van der Waals surface area (Å²) in [4.78, 5) is 4.11. The number of hydrogen-bond donors (Lipinski definition) is 2. The number of nitrogens with zero attached hydrogens (tertiary/aromatic N) is 2. The first-order valence-corrected chi connectivity index (χ1v) is 5.30. The highest BCUT2D eigenvalue weighted by molar-refractivity contribution is 9.10. The zero-order valence-electron chi connectivity index (χ0n) is 7.61. The summed E-state index contributed by atoms with van der Waals surface area (Å²) < 4.78 is 2.14. The summed E-state index contributed by atoms with van der Waals surface area (Å²) in [7, 11) is 0. The van der Waals surface area contributed by atoms with Crippen molar-refractivity contribution in [1.29, 1.82) is 0 Å². The number of halogens is 2. The summed E-state index contributed by atoms with van der Waals surface area (Å²) in [6, 6.07) is 5.40. The third-order valence-corrected chi connectivity index (χ3v) is 2.94. The number of benzene rings is 1. The minimum absolute atomic E-state index is 0.401. The Labute approximate surface area is 99.9 Å². The molecule has 4 N–H and O–H groups in total. The minimum Gasteiger partial charge on any atom is -0.382 e. The molecule has 0 bridgehead atoms. The summed E-state index contributed by atoms with van der Waals surface area (Å²) in [6.07, 6.45) is 1.46. The average Bonchev–Trinajstić information content (AvgIpc) is 2.52. The van der Waals surface area contributed by atoms with Crippen molar-refractivity contribution in [1.82, 2.24) is 9.66 Å². The molecule has 15 heavy (non-hydrogen) atoms. The fraction of sp³-hybridized carbons (Fsp3) is 0. The number of aromatic nitrogens is 2. The molecule has 4 nitrogen and oxygen atoms in total. The van der Waals surface area contributed by atoms with Crippen LogP contribution in [-0.4, -0.2) is 9.66 Å². The van der Waals surface area contributed by atoms with Crippen LogP contribution < -0.4 is 11.6 Å². The molecule has 0 unspecified atom stereocenters. The first kappa shape index (κ1) is 10.3. The second kappa shape index (κ2) is 3.75. The Kier molecular flexibility index (Phi) is 2.58. The van der Waals surface area contributed by atoms with E-state index in [-0.39, 0.29) is 0 Å². The van der Waals surface area contributed by atoms with E-state index >= 15 is 0 Å². The normalized spacial score (nSPS) is 10.5. The van der Waals surface area contributed by atoms with Crippen LogP contribution >= 0.6 is 27.5 Å². The largest absolute Gasteiger partial charge is 0.382 e. The van der Waals surface area contributed by atoms with Crippen molar-refractivity contribution in [2.75, 3.05) is 11.6 Å². The van der Waals surface area contributed by atoms with Crippen LogP contribution in [0.2, 0.25) is 5.02 Å². The Morgan fingerprint density at radius 3 is 2.73 bits per heavy atom. The third-order valence-electron chi connectivity index (χ3n) is 2.02. The highest BCUT2D eigenvalue weighted by atomic mass is 79.9. The fourth-order valence-electron chi connectivity index (χ4n) is 1.26. The van der Waals surface area contributed by atoms with Gasteiger partial charge in [0, 0.05) is 15.1 Å². The number of imidazole rings is 1. The summed E-state index contributed by atoms with van der Waals surface area (Å²) in [5.74, 6) is 5.95. The van der Waals surface area contributed by atoms with Crippen LogP contribution in [0.5, 0.6) is 0 Å². The molecule has 0 aliphatic rings. The van der Waals surface area contributed by atoms with E-state index in [0.717, 1.165) is 10.0 Å². The molecule has 0 saturated heterocycles. The summed E-state index contributed by atoms with van der Waals surface area (Å²) in [5, 5.41) is 0.624. The van der Waals surface area contributed by atoms with Gasteiger partial charge in [0.2, 0.25) is 0 Å². The van der Waals surface area contributed by atoms with Crippen LogP contribution in [0.15, 0.2) is 29.0 Å². The van der Waals surface area contributed by atoms with E-state index in [0.29, 0.717) is 16.5 Å². The number of rotatable bonds is 1. The van der Waals surface area contributed by atoms with Crippen molar-refractivity contribution in [3.63, 3.8) is 0 Å². The van der Waals surface area contributed by atoms with Crippen molar-refractivity contribution < 1.29 is 0 Å². The molecule has 0 saturated carbocycles. The third kappa shape index (κ3) is 1.80. The zero-order valence-corrected chi connectivity index (χ0v) is 9.96. The van der Waals surface area contributed by atoms with Gasteiger partial charge in [-0.2, -0.15) is 0 Å². The molecule has 1 heterocycles. The Balaban J connectivity index is 2.63. The van der Waals surface area contributed by atoms with E-state index in [1.165, 1.54) is 11.0 Å². The topological polar surface area (TPSA) is 69.9 Å². The lowest BCUT2D eigenvalue weighted by molar-refractivity contribution is 1.01. The van der Waals surface area contributed by atoms with Crippen LogP contribution in [-0.2, 0) is 0 Å². The lowest BCUT2D eigenvalue weighted by Crippen LogP contribution is -2.10. The van der Waals surface area contributed by atoms with E-state index in [9.17, 15) is 0 Å². The maximum Gasteiger partial charge on any atom is 0.150 e. The fourth-order valence-corrected chi connectivity index (χ4v) is 1.86. The summed E-state index contributed by atoms with van der Waals surface area (Å²) in [6.45, 7) is 0. The van der Waals surface area contributed by atoms with Gasteiger partial charge in [0.15, 0.2) is 5.82 Å². The SMILES string of the molecule is Nc1c(-c2cc(Cl)ccc2Br)ncn1N. The van der Waals surface area contributed by atoms with Gasteiger partial charge >= 0.3 is 0 Å². The monoisotopic (exact) mass is 286 g/mol.